The molecule has 1 aliphatic rings. The average molecular weight is 262 g/mol. The van der Waals surface area contributed by atoms with E-state index in [2.05, 4.69) is 51.1 Å². The molecule has 0 fully saturated rings. The van der Waals surface area contributed by atoms with Crippen LogP contribution in [0.2, 0.25) is 0 Å². The van der Waals surface area contributed by atoms with Crippen molar-refractivity contribution in [2.45, 2.75) is 44.9 Å². The van der Waals surface area contributed by atoms with Gasteiger partial charge in [0.1, 0.15) is 5.76 Å². The summed E-state index contributed by atoms with van der Waals surface area (Å²) in [4.78, 5) is 2.73. The molecule has 1 aromatic rings. The normalized spacial score (nSPS) is 18.8. The SMILES string of the molecule is CCOC1=C(Sc2ccccc2)CCC(C)(C)C1. The fourth-order valence-corrected chi connectivity index (χ4v) is 3.28. The molecular weight excluding hydrogens is 240 g/mol. The largest absolute Gasteiger partial charge is 0.497 e. The van der Waals surface area contributed by atoms with Crippen molar-refractivity contribution < 1.29 is 4.74 Å². The molecule has 0 bridgehead atoms. The molecule has 0 heterocycles. The van der Waals surface area contributed by atoms with E-state index in [4.69, 9.17) is 4.74 Å². The van der Waals surface area contributed by atoms with E-state index in [0.717, 1.165) is 19.4 Å². The fourth-order valence-electron chi connectivity index (χ4n) is 2.26. The van der Waals surface area contributed by atoms with Gasteiger partial charge in [-0.3, -0.25) is 0 Å². The first kappa shape index (κ1) is 13.5. The first-order valence-corrected chi connectivity index (χ1v) is 7.50. The van der Waals surface area contributed by atoms with Gasteiger partial charge in [-0.15, -0.1) is 0 Å². The number of rotatable bonds is 4. The molecule has 0 atom stereocenters. The number of allylic oxidation sites excluding steroid dienone is 2. The Labute approximate surface area is 115 Å². The molecule has 0 amide bonds. The first-order valence-electron chi connectivity index (χ1n) is 6.68. The van der Waals surface area contributed by atoms with Crippen molar-refractivity contribution in [3.63, 3.8) is 0 Å². The zero-order valence-electron chi connectivity index (χ0n) is 11.5. The van der Waals surface area contributed by atoms with E-state index in [0.29, 0.717) is 5.41 Å². The molecule has 1 aromatic carbocycles. The monoisotopic (exact) mass is 262 g/mol. The third-order valence-corrected chi connectivity index (χ3v) is 4.47. The van der Waals surface area contributed by atoms with E-state index in [1.807, 2.05) is 11.8 Å². The second kappa shape index (κ2) is 5.83. The van der Waals surface area contributed by atoms with Gasteiger partial charge in [-0.1, -0.05) is 43.8 Å². The van der Waals surface area contributed by atoms with Gasteiger partial charge < -0.3 is 4.74 Å². The molecule has 0 saturated heterocycles. The van der Waals surface area contributed by atoms with E-state index < -0.39 is 0 Å². The van der Waals surface area contributed by atoms with E-state index >= 15 is 0 Å². The standard InChI is InChI=1S/C16H22OS/c1-4-17-14-12-16(2,3)11-10-15(14)18-13-8-6-5-7-9-13/h5-9H,4,10-12H2,1-3H3. The summed E-state index contributed by atoms with van der Waals surface area (Å²) in [6, 6.07) is 10.6. The Hall–Kier alpha value is -0.890. The van der Waals surface area contributed by atoms with Gasteiger partial charge in [-0.05, 0) is 37.3 Å². The lowest BCUT2D eigenvalue weighted by molar-refractivity contribution is 0.167. The first-order chi connectivity index (χ1) is 8.61. The molecule has 1 nitrogen and oxygen atoms in total. The quantitative estimate of drug-likeness (QED) is 0.734. The fraction of sp³-hybridized carbons (Fsp3) is 0.500. The van der Waals surface area contributed by atoms with Crippen LogP contribution < -0.4 is 0 Å². The van der Waals surface area contributed by atoms with Gasteiger partial charge in [0, 0.05) is 16.2 Å². The van der Waals surface area contributed by atoms with Crippen molar-refractivity contribution in [2.75, 3.05) is 6.61 Å². The van der Waals surface area contributed by atoms with Crippen molar-refractivity contribution in [2.24, 2.45) is 5.41 Å². The summed E-state index contributed by atoms with van der Waals surface area (Å²) in [5.41, 5.74) is 0.380. The molecular formula is C16H22OS. The molecule has 0 unspecified atom stereocenters. The molecule has 0 aliphatic heterocycles. The summed E-state index contributed by atoms with van der Waals surface area (Å²) < 4.78 is 5.86. The highest BCUT2D eigenvalue weighted by Crippen LogP contribution is 2.44. The molecule has 98 valence electrons. The molecule has 18 heavy (non-hydrogen) atoms. The third kappa shape index (κ3) is 3.55. The lowest BCUT2D eigenvalue weighted by Crippen LogP contribution is -2.19. The molecule has 2 heteroatoms. The maximum absolute atomic E-state index is 5.86. The zero-order valence-corrected chi connectivity index (χ0v) is 12.3. The lowest BCUT2D eigenvalue weighted by atomic mass is 9.80. The smallest absolute Gasteiger partial charge is 0.106 e. The molecule has 0 saturated carbocycles. The van der Waals surface area contributed by atoms with Crippen molar-refractivity contribution in [1.29, 1.82) is 0 Å². The van der Waals surface area contributed by atoms with Gasteiger partial charge in [-0.2, -0.15) is 0 Å². The van der Waals surface area contributed by atoms with E-state index in [1.165, 1.54) is 22.0 Å². The Kier molecular flexibility index (Phi) is 4.39. The molecule has 0 radical (unpaired) electrons. The molecule has 0 aromatic heterocycles. The van der Waals surface area contributed by atoms with E-state index in [9.17, 15) is 0 Å². The second-order valence-corrected chi connectivity index (χ2v) is 6.70. The number of thioether (sulfide) groups is 1. The van der Waals surface area contributed by atoms with Gasteiger partial charge in [-0.25, -0.2) is 0 Å². The van der Waals surface area contributed by atoms with Crippen LogP contribution in [0.1, 0.15) is 40.0 Å². The highest BCUT2D eigenvalue weighted by Gasteiger charge is 2.28. The summed E-state index contributed by atoms with van der Waals surface area (Å²) in [6.45, 7) is 7.50. The minimum Gasteiger partial charge on any atom is -0.497 e. The third-order valence-electron chi connectivity index (χ3n) is 3.28. The van der Waals surface area contributed by atoms with Crippen LogP contribution in [-0.4, -0.2) is 6.61 Å². The summed E-state index contributed by atoms with van der Waals surface area (Å²) in [7, 11) is 0. The van der Waals surface area contributed by atoms with Crippen LogP contribution in [0.25, 0.3) is 0 Å². The summed E-state index contributed by atoms with van der Waals surface area (Å²) in [6.07, 6.45) is 3.46. The van der Waals surface area contributed by atoms with Crippen LogP contribution in [0, 0.1) is 5.41 Å². The minimum atomic E-state index is 0.380. The van der Waals surface area contributed by atoms with Crippen LogP contribution >= 0.6 is 11.8 Å². The van der Waals surface area contributed by atoms with Crippen molar-refractivity contribution in [1.82, 2.24) is 0 Å². The molecule has 0 spiro atoms. The average Bonchev–Trinajstić information content (AvgIpc) is 2.34. The van der Waals surface area contributed by atoms with Gasteiger partial charge in [0.15, 0.2) is 0 Å². The van der Waals surface area contributed by atoms with E-state index in [-0.39, 0.29) is 0 Å². The lowest BCUT2D eigenvalue weighted by Gasteiger charge is -2.32. The number of hydrogen-bond donors (Lipinski definition) is 0. The predicted molar refractivity (Wildman–Crippen MR) is 78.6 cm³/mol. The minimum absolute atomic E-state index is 0.380. The summed E-state index contributed by atoms with van der Waals surface area (Å²) >= 11 is 1.87. The van der Waals surface area contributed by atoms with Gasteiger partial charge in [0.25, 0.3) is 0 Å². The molecule has 1 aliphatic carbocycles. The van der Waals surface area contributed by atoms with Crippen LogP contribution in [0.4, 0.5) is 0 Å². The Morgan fingerprint density at radius 1 is 1.22 bits per heavy atom. The number of benzene rings is 1. The maximum atomic E-state index is 5.86. The number of ether oxygens (including phenoxy) is 1. The molecule has 0 N–H and O–H groups in total. The topological polar surface area (TPSA) is 9.23 Å². The van der Waals surface area contributed by atoms with Crippen LogP contribution in [0.3, 0.4) is 0 Å². The van der Waals surface area contributed by atoms with Crippen molar-refractivity contribution in [3.8, 4) is 0 Å². The molecule has 2 rings (SSSR count). The van der Waals surface area contributed by atoms with Crippen molar-refractivity contribution >= 4 is 11.8 Å². The Morgan fingerprint density at radius 2 is 1.94 bits per heavy atom. The summed E-state index contributed by atoms with van der Waals surface area (Å²) in [5, 5.41) is 0. The van der Waals surface area contributed by atoms with Crippen LogP contribution in [0.15, 0.2) is 45.9 Å². The zero-order chi connectivity index (χ0) is 13.0. The van der Waals surface area contributed by atoms with Gasteiger partial charge >= 0.3 is 0 Å². The summed E-state index contributed by atoms with van der Waals surface area (Å²) in [5.74, 6) is 1.21. The van der Waals surface area contributed by atoms with Crippen molar-refractivity contribution in [3.05, 3.63) is 41.0 Å². The van der Waals surface area contributed by atoms with Crippen LogP contribution in [0.5, 0.6) is 0 Å². The van der Waals surface area contributed by atoms with Gasteiger partial charge in [0.05, 0.1) is 6.61 Å². The van der Waals surface area contributed by atoms with E-state index in [1.54, 1.807) is 0 Å². The number of hydrogen-bond acceptors (Lipinski definition) is 2. The van der Waals surface area contributed by atoms with Gasteiger partial charge in [0.2, 0.25) is 0 Å². The van der Waals surface area contributed by atoms with Crippen LogP contribution in [-0.2, 0) is 4.74 Å². The highest BCUT2D eigenvalue weighted by molar-refractivity contribution is 8.03. The second-order valence-electron chi connectivity index (χ2n) is 5.54. The Morgan fingerprint density at radius 3 is 2.61 bits per heavy atom. The Bertz CT molecular complexity index is 420. The highest BCUT2D eigenvalue weighted by atomic mass is 32.2. The predicted octanol–water partition coefficient (Wildman–Crippen LogP) is 5.24. The maximum Gasteiger partial charge on any atom is 0.106 e. The Balaban J connectivity index is 2.17.